The fourth-order valence-corrected chi connectivity index (χ4v) is 2.57. The average Bonchev–Trinajstić information content (AvgIpc) is 2.74. The molecule has 0 heterocycles. The van der Waals surface area contributed by atoms with Gasteiger partial charge in [-0.05, 0) is 62.2 Å². The normalized spacial score (nSPS) is 11.4. The van der Waals surface area contributed by atoms with Gasteiger partial charge in [0.25, 0.3) is 5.91 Å². The van der Waals surface area contributed by atoms with Crippen LogP contribution in [0.25, 0.3) is 0 Å². The highest BCUT2D eigenvalue weighted by Crippen LogP contribution is 2.18. The highest BCUT2D eigenvalue weighted by atomic mass is 16.5. The molecule has 29 heavy (non-hydrogen) atoms. The van der Waals surface area contributed by atoms with Crippen LogP contribution in [-0.2, 0) is 4.79 Å². The van der Waals surface area contributed by atoms with E-state index in [0.29, 0.717) is 17.8 Å². The zero-order chi connectivity index (χ0) is 21.1. The topological polar surface area (TPSA) is 79.5 Å². The molecule has 6 heteroatoms. The Morgan fingerprint density at radius 2 is 1.79 bits per heavy atom. The van der Waals surface area contributed by atoms with Crippen molar-refractivity contribution >= 4 is 23.2 Å². The van der Waals surface area contributed by atoms with E-state index in [4.69, 9.17) is 4.74 Å². The molecule has 2 amide bonds. The Hall–Kier alpha value is -3.02. The summed E-state index contributed by atoms with van der Waals surface area (Å²) in [5.41, 5.74) is 2.00. The predicted octanol–water partition coefficient (Wildman–Crippen LogP) is 4.44. The van der Waals surface area contributed by atoms with Crippen molar-refractivity contribution in [2.75, 3.05) is 23.7 Å². The van der Waals surface area contributed by atoms with Crippen LogP contribution in [0.5, 0.6) is 5.75 Å². The number of anilines is 2. The van der Waals surface area contributed by atoms with Gasteiger partial charge in [-0.3, -0.25) is 9.59 Å². The van der Waals surface area contributed by atoms with Gasteiger partial charge in [-0.25, -0.2) is 0 Å². The average molecular weight is 398 g/mol. The van der Waals surface area contributed by atoms with Crippen molar-refractivity contribution in [3.63, 3.8) is 0 Å². The summed E-state index contributed by atoms with van der Waals surface area (Å²) >= 11 is 0. The summed E-state index contributed by atoms with van der Waals surface area (Å²) < 4.78 is 5.73. The second-order valence-electron chi connectivity index (χ2n) is 6.95. The summed E-state index contributed by atoms with van der Waals surface area (Å²) in [7, 11) is 0. The second-order valence-corrected chi connectivity index (χ2v) is 6.95. The van der Waals surface area contributed by atoms with Crippen molar-refractivity contribution in [3.8, 4) is 5.75 Å². The van der Waals surface area contributed by atoms with E-state index in [9.17, 15) is 9.59 Å². The lowest BCUT2D eigenvalue weighted by Gasteiger charge is -2.13. The summed E-state index contributed by atoms with van der Waals surface area (Å²) in [6, 6.07) is 14.5. The molecule has 0 saturated carbocycles. The molecule has 0 radical (unpaired) electrons. The van der Waals surface area contributed by atoms with Gasteiger partial charge in [0.2, 0.25) is 5.91 Å². The summed E-state index contributed by atoms with van der Waals surface area (Å²) in [4.78, 5) is 24.3. The Morgan fingerprint density at radius 1 is 1.03 bits per heavy atom. The molecule has 0 aliphatic heterocycles. The second kappa shape index (κ2) is 11.7. The molecule has 1 atom stereocenters. The van der Waals surface area contributed by atoms with Gasteiger partial charge in [-0.2, -0.15) is 0 Å². The molecule has 0 saturated heterocycles. The molecule has 2 rings (SSSR count). The van der Waals surface area contributed by atoms with Crippen LogP contribution < -0.4 is 20.7 Å². The van der Waals surface area contributed by atoms with Gasteiger partial charge in [0, 0.05) is 23.5 Å². The third kappa shape index (κ3) is 7.86. The minimum absolute atomic E-state index is 0.103. The van der Waals surface area contributed by atoms with Crippen LogP contribution >= 0.6 is 0 Å². The molecule has 0 bridgehead atoms. The van der Waals surface area contributed by atoms with Gasteiger partial charge in [-0.15, -0.1) is 0 Å². The van der Waals surface area contributed by atoms with E-state index < -0.39 is 0 Å². The molecule has 0 fully saturated rings. The number of carbonyl (C=O) groups excluding carboxylic acids is 2. The number of hydrogen-bond acceptors (Lipinski definition) is 4. The first kappa shape index (κ1) is 22.3. The van der Waals surface area contributed by atoms with Gasteiger partial charge in [-0.1, -0.05) is 26.3 Å². The first-order valence-corrected chi connectivity index (χ1v) is 10.2. The Morgan fingerprint density at radius 3 is 2.48 bits per heavy atom. The van der Waals surface area contributed by atoms with Crippen LogP contribution in [0.2, 0.25) is 0 Å². The lowest BCUT2D eigenvalue weighted by Crippen LogP contribution is -2.25. The van der Waals surface area contributed by atoms with Gasteiger partial charge in [0.1, 0.15) is 5.75 Å². The summed E-state index contributed by atoms with van der Waals surface area (Å²) in [6.45, 7) is 6.94. The predicted molar refractivity (Wildman–Crippen MR) is 118 cm³/mol. The zero-order valence-corrected chi connectivity index (χ0v) is 17.5. The standard InChI is InChI=1S/C23H31N3O3/c1-4-6-14-24-23(28)18-8-7-9-20(15-18)25-16-22(27)26-19-10-12-21(13-11-19)29-17(3)5-2/h7-13,15,17,25H,4-6,14,16H2,1-3H3,(H,24,28)(H,26,27). The number of nitrogens with one attached hydrogen (secondary N) is 3. The van der Waals surface area contributed by atoms with E-state index >= 15 is 0 Å². The highest BCUT2D eigenvalue weighted by Gasteiger charge is 2.07. The van der Waals surface area contributed by atoms with Crippen molar-refractivity contribution in [2.24, 2.45) is 0 Å². The molecule has 2 aromatic carbocycles. The number of rotatable bonds is 11. The molecule has 0 aromatic heterocycles. The van der Waals surface area contributed by atoms with E-state index in [2.05, 4.69) is 29.8 Å². The van der Waals surface area contributed by atoms with E-state index in [0.717, 1.165) is 30.7 Å². The third-order valence-electron chi connectivity index (χ3n) is 4.44. The summed E-state index contributed by atoms with van der Waals surface area (Å²) in [5.74, 6) is 0.508. The summed E-state index contributed by atoms with van der Waals surface area (Å²) in [5, 5.41) is 8.79. The van der Waals surface area contributed by atoms with E-state index in [1.807, 2.05) is 37.3 Å². The van der Waals surface area contributed by atoms with Crippen molar-refractivity contribution < 1.29 is 14.3 Å². The van der Waals surface area contributed by atoms with E-state index in [1.54, 1.807) is 18.2 Å². The zero-order valence-electron chi connectivity index (χ0n) is 17.5. The summed E-state index contributed by atoms with van der Waals surface area (Å²) in [6.07, 6.45) is 3.08. The lowest BCUT2D eigenvalue weighted by atomic mass is 10.2. The Bertz CT molecular complexity index is 790. The molecule has 2 aromatic rings. The molecular formula is C23H31N3O3. The maximum atomic E-state index is 12.2. The third-order valence-corrected chi connectivity index (χ3v) is 4.44. The Labute approximate surface area is 173 Å². The van der Waals surface area contributed by atoms with Gasteiger partial charge in [0.05, 0.1) is 12.6 Å². The quantitative estimate of drug-likeness (QED) is 0.490. The van der Waals surface area contributed by atoms with Crippen molar-refractivity contribution in [1.29, 1.82) is 0 Å². The monoisotopic (exact) mass is 397 g/mol. The fourth-order valence-electron chi connectivity index (χ4n) is 2.57. The molecular weight excluding hydrogens is 366 g/mol. The van der Waals surface area contributed by atoms with E-state index in [1.165, 1.54) is 0 Å². The van der Waals surface area contributed by atoms with Crippen LogP contribution in [0, 0.1) is 0 Å². The van der Waals surface area contributed by atoms with E-state index in [-0.39, 0.29) is 24.5 Å². The maximum Gasteiger partial charge on any atom is 0.251 e. The van der Waals surface area contributed by atoms with Gasteiger partial charge in [0.15, 0.2) is 0 Å². The molecule has 6 nitrogen and oxygen atoms in total. The molecule has 0 aliphatic carbocycles. The Kier molecular flexibility index (Phi) is 9.02. The SMILES string of the molecule is CCCCNC(=O)c1cccc(NCC(=O)Nc2ccc(OC(C)CC)cc2)c1. The van der Waals surface area contributed by atoms with Crippen LogP contribution in [0.3, 0.4) is 0 Å². The van der Waals surface area contributed by atoms with Crippen molar-refractivity contribution in [2.45, 2.75) is 46.1 Å². The Balaban J connectivity index is 1.83. The molecule has 3 N–H and O–H groups in total. The minimum Gasteiger partial charge on any atom is -0.491 e. The number of ether oxygens (including phenoxy) is 1. The molecule has 0 aliphatic rings. The number of benzene rings is 2. The molecule has 0 spiro atoms. The fraction of sp³-hybridized carbons (Fsp3) is 0.391. The molecule has 1 unspecified atom stereocenters. The first-order chi connectivity index (χ1) is 14.0. The van der Waals surface area contributed by atoms with Gasteiger partial charge < -0.3 is 20.7 Å². The minimum atomic E-state index is -0.168. The lowest BCUT2D eigenvalue weighted by molar-refractivity contribution is -0.114. The van der Waals surface area contributed by atoms with Crippen molar-refractivity contribution in [3.05, 3.63) is 54.1 Å². The van der Waals surface area contributed by atoms with Crippen LogP contribution in [-0.4, -0.2) is 31.0 Å². The van der Waals surface area contributed by atoms with Crippen LogP contribution in [0.4, 0.5) is 11.4 Å². The highest BCUT2D eigenvalue weighted by molar-refractivity contribution is 5.96. The smallest absolute Gasteiger partial charge is 0.251 e. The number of carbonyl (C=O) groups is 2. The largest absolute Gasteiger partial charge is 0.491 e. The first-order valence-electron chi connectivity index (χ1n) is 10.2. The van der Waals surface area contributed by atoms with Crippen LogP contribution in [0.1, 0.15) is 50.4 Å². The van der Waals surface area contributed by atoms with Crippen LogP contribution in [0.15, 0.2) is 48.5 Å². The number of hydrogen-bond donors (Lipinski definition) is 3. The number of unbranched alkanes of at least 4 members (excludes halogenated alkanes) is 1. The number of amides is 2. The molecule has 156 valence electrons. The van der Waals surface area contributed by atoms with Gasteiger partial charge >= 0.3 is 0 Å². The maximum absolute atomic E-state index is 12.2. The van der Waals surface area contributed by atoms with Crippen molar-refractivity contribution in [1.82, 2.24) is 5.32 Å².